The molecule has 32 heavy (non-hydrogen) atoms. The van der Waals surface area contributed by atoms with Gasteiger partial charge >= 0.3 is 0 Å². The summed E-state index contributed by atoms with van der Waals surface area (Å²) in [5.74, 6) is 0.0752. The first-order valence-electron chi connectivity index (χ1n) is 11.4. The van der Waals surface area contributed by atoms with E-state index in [4.69, 9.17) is 4.74 Å². The predicted octanol–water partition coefficient (Wildman–Crippen LogP) is 2.22. The van der Waals surface area contributed by atoms with Gasteiger partial charge in [0.15, 0.2) is 0 Å². The number of rotatable bonds is 10. The van der Waals surface area contributed by atoms with Crippen molar-refractivity contribution in [2.24, 2.45) is 0 Å². The smallest absolute Gasteiger partial charge is 0.248 e. The lowest BCUT2D eigenvalue weighted by Crippen LogP contribution is -2.41. The van der Waals surface area contributed by atoms with E-state index < -0.39 is 0 Å². The van der Waals surface area contributed by atoms with Gasteiger partial charge in [-0.2, -0.15) is 0 Å². The zero-order valence-corrected chi connectivity index (χ0v) is 19.2. The molecule has 1 fully saturated rings. The van der Waals surface area contributed by atoms with Crippen LogP contribution >= 0.6 is 0 Å². The summed E-state index contributed by atoms with van der Waals surface area (Å²) in [5, 5.41) is 0. The van der Waals surface area contributed by atoms with Gasteiger partial charge in [0.1, 0.15) is 6.61 Å². The molecule has 1 saturated heterocycles. The number of hydrogen-bond donors (Lipinski definition) is 0. The molecule has 0 N–H and O–H groups in total. The third-order valence-corrected chi connectivity index (χ3v) is 5.80. The summed E-state index contributed by atoms with van der Waals surface area (Å²) in [6.45, 7) is 7.95. The molecule has 0 bridgehead atoms. The molecule has 0 radical (unpaired) electrons. The lowest BCUT2D eigenvalue weighted by atomic mass is 10.1. The normalized spacial score (nSPS) is 17.2. The molecule has 0 saturated carbocycles. The van der Waals surface area contributed by atoms with Crippen molar-refractivity contribution < 1.29 is 14.3 Å². The van der Waals surface area contributed by atoms with Gasteiger partial charge in [-0.05, 0) is 37.5 Å². The van der Waals surface area contributed by atoms with Crippen molar-refractivity contribution in [1.82, 2.24) is 19.7 Å². The number of likely N-dealkylation sites (N-methyl/N-ethyl adjacent to an activating group) is 1. The lowest BCUT2D eigenvalue weighted by molar-refractivity contribution is -0.138. The van der Waals surface area contributed by atoms with Gasteiger partial charge in [-0.3, -0.25) is 19.5 Å². The molecule has 1 aromatic carbocycles. The Hall–Kier alpha value is -2.77. The average Bonchev–Trinajstić information content (AvgIpc) is 2.96. The molecule has 0 aliphatic carbocycles. The highest BCUT2D eigenvalue weighted by Gasteiger charge is 2.29. The Bertz CT molecular complexity index is 843. The number of hydrogen-bond acceptors (Lipinski definition) is 5. The number of aromatic nitrogens is 1. The Morgan fingerprint density at radius 2 is 1.84 bits per heavy atom. The zero-order valence-electron chi connectivity index (χ0n) is 19.2. The number of amides is 2. The van der Waals surface area contributed by atoms with E-state index in [1.807, 2.05) is 55.3 Å². The number of nitrogens with zero attached hydrogens (tertiary/aromatic N) is 4. The maximum Gasteiger partial charge on any atom is 0.248 e. The third kappa shape index (κ3) is 7.14. The first-order valence-corrected chi connectivity index (χ1v) is 11.4. The van der Waals surface area contributed by atoms with E-state index in [0.717, 1.165) is 12.0 Å². The van der Waals surface area contributed by atoms with Crippen LogP contribution in [-0.4, -0.2) is 83.5 Å². The summed E-state index contributed by atoms with van der Waals surface area (Å²) in [4.78, 5) is 35.4. The number of carbonyl (C=O) groups excluding carboxylic acids is 2. The van der Waals surface area contributed by atoms with Crippen molar-refractivity contribution in [3.8, 4) is 0 Å². The van der Waals surface area contributed by atoms with Crippen LogP contribution in [0.3, 0.4) is 0 Å². The van der Waals surface area contributed by atoms with Gasteiger partial charge in [0.05, 0.1) is 12.6 Å². The van der Waals surface area contributed by atoms with Crippen LogP contribution in [0.2, 0.25) is 0 Å². The predicted molar refractivity (Wildman–Crippen MR) is 124 cm³/mol. The van der Waals surface area contributed by atoms with Crippen molar-refractivity contribution >= 4 is 11.8 Å². The van der Waals surface area contributed by atoms with Gasteiger partial charge in [-0.15, -0.1) is 0 Å². The largest absolute Gasteiger partial charge is 0.365 e. The second-order valence-electron chi connectivity index (χ2n) is 8.11. The maximum atomic E-state index is 13.1. The fourth-order valence-corrected chi connectivity index (χ4v) is 4.01. The van der Waals surface area contributed by atoms with E-state index >= 15 is 0 Å². The molecule has 172 valence electrons. The molecule has 0 unspecified atom stereocenters. The molecule has 7 heteroatoms. The van der Waals surface area contributed by atoms with Crippen molar-refractivity contribution in [3.63, 3.8) is 0 Å². The molecule has 0 spiro atoms. The van der Waals surface area contributed by atoms with Crippen molar-refractivity contribution in [3.05, 3.63) is 66.0 Å². The van der Waals surface area contributed by atoms with E-state index in [1.54, 1.807) is 11.1 Å². The van der Waals surface area contributed by atoms with Crippen LogP contribution in [0.25, 0.3) is 0 Å². The first-order chi connectivity index (χ1) is 15.6. The zero-order chi connectivity index (χ0) is 22.8. The Balaban J connectivity index is 1.67. The molecule has 2 heterocycles. The summed E-state index contributed by atoms with van der Waals surface area (Å²) in [6, 6.07) is 14.1. The van der Waals surface area contributed by atoms with E-state index in [-0.39, 0.29) is 24.5 Å². The molecular weight excluding hydrogens is 404 g/mol. The standard InChI is InChI=1S/C25H34N4O3/c1-3-28(4-2)25(31)20-32-23-17-27(16-22-11-8-13-26-15-22)19-24(30)29(18-23)14-12-21-9-6-5-7-10-21/h5-11,13,15,23H,3-4,12,14,16-20H2,1-2H3/t23-/m0/s1. The second kappa shape index (κ2) is 12.3. The van der Waals surface area contributed by atoms with Crippen molar-refractivity contribution in [1.29, 1.82) is 0 Å². The average molecular weight is 439 g/mol. The van der Waals surface area contributed by atoms with Crippen LogP contribution in [0.1, 0.15) is 25.0 Å². The minimum Gasteiger partial charge on any atom is -0.365 e. The van der Waals surface area contributed by atoms with Gasteiger partial charge in [0.25, 0.3) is 0 Å². The van der Waals surface area contributed by atoms with Gasteiger partial charge in [0, 0.05) is 51.7 Å². The van der Waals surface area contributed by atoms with E-state index in [1.165, 1.54) is 5.56 Å². The minimum atomic E-state index is -0.228. The van der Waals surface area contributed by atoms with Gasteiger partial charge < -0.3 is 14.5 Å². The van der Waals surface area contributed by atoms with Crippen molar-refractivity contribution in [2.75, 3.05) is 45.9 Å². The van der Waals surface area contributed by atoms with E-state index in [2.05, 4.69) is 22.0 Å². The fraction of sp³-hybridized carbons (Fsp3) is 0.480. The Morgan fingerprint density at radius 3 is 2.53 bits per heavy atom. The van der Waals surface area contributed by atoms with Crippen LogP contribution in [0.4, 0.5) is 0 Å². The maximum absolute atomic E-state index is 13.1. The molecule has 3 rings (SSSR count). The molecule has 1 aromatic heterocycles. The topological polar surface area (TPSA) is 66.0 Å². The number of ether oxygens (including phenoxy) is 1. The minimum absolute atomic E-state index is 0.0137. The number of benzene rings is 1. The molecule has 1 aliphatic rings. The highest BCUT2D eigenvalue weighted by atomic mass is 16.5. The Labute approximate surface area is 191 Å². The Kier molecular flexibility index (Phi) is 9.19. The third-order valence-electron chi connectivity index (χ3n) is 5.80. The highest BCUT2D eigenvalue weighted by Crippen LogP contribution is 2.13. The van der Waals surface area contributed by atoms with Crippen LogP contribution in [0.5, 0.6) is 0 Å². The number of carbonyl (C=O) groups is 2. The van der Waals surface area contributed by atoms with E-state index in [0.29, 0.717) is 45.8 Å². The van der Waals surface area contributed by atoms with Gasteiger partial charge in [0.2, 0.25) is 11.8 Å². The summed E-state index contributed by atoms with van der Waals surface area (Å²) >= 11 is 0. The molecule has 7 nitrogen and oxygen atoms in total. The number of pyridine rings is 1. The SMILES string of the molecule is CCN(CC)C(=O)CO[C@H]1CN(Cc2cccnc2)CC(=O)N(CCc2ccccc2)C1. The van der Waals surface area contributed by atoms with Crippen LogP contribution in [0.15, 0.2) is 54.9 Å². The quantitative estimate of drug-likeness (QED) is 0.569. The molecule has 2 amide bonds. The lowest BCUT2D eigenvalue weighted by Gasteiger charge is -2.26. The summed E-state index contributed by atoms with van der Waals surface area (Å²) in [5.41, 5.74) is 2.25. The Morgan fingerprint density at radius 1 is 1.09 bits per heavy atom. The summed E-state index contributed by atoms with van der Waals surface area (Å²) in [7, 11) is 0. The molecule has 1 aliphatic heterocycles. The van der Waals surface area contributed by atoms with Crippen LogP contribution < -0.4 is 0 Å². The molecule has 2 aromatic rings. The van der Waals surface area contributed by atoms with Crippen molar-refractivity contribution in [2.45, 2.75) is 32.9 Å². The van der Waals surface area contributed by atoms with E-state index in [9.17, 15) is 9.59 Å². The van der Waals surface area contributed by atoms with Crippen LogP contribution in [0, 0.1) is 0 Å². The first kappa shape index (κ1) is 23.9. The fourth-order valence-electron chi connectivity index (χ4n) is 4.01. The second-order valence-corrected chi connectivity index (χ2v) is 8.11. The highest BCUT2D eigenvalue weighted by molar-refractivity contribution is 5.79. The monoisotopic (exact) mass is 438 g/mol. The molecular formula is C25H34N4O3. The van der Waals surface area contributed by atoms with Crippen LogP contribution in [-0.2, 0) is 27.3 Å². The van der Waals surface area contributed by atoms with Gasteiger partial charge in [-0.25, -0.2) is 0 Å². The molecule has 1 atom stereocenters. The summed E-state index contributed by atoms with van der Waals surface area (Å²) in [6.07, 6.45) is 4.13. The van der Waals surface area contributed by atoms with Gasteiger partial charge in [-0.1, -0.05) is 36.4 Å². The summed E-state index contributed by atoms with van der Waals surface area (Å²) < 4.78 is 6.07.